The van der Waals surface area contributed by atoms with E-state index in [0.717, 1.165) is 35.0 Å². The zero-order chi connectivity index (χ0) is 23.3. The number of benzene rings is 1. The third-order valence-electron chi connectivity index (χ3n) is 5.09. The lowest BCUT2D eigenvalue weighted by molar-refractivity contribution is -0.385. The number of morpholine rings is 1. The summed E-state index contributed by atoms with van der Waals surface area (Å²) in [4.78, 5) is 36.5. The van der Waals surface area contributed by atoms with Crippen LogP contribution in [0.2, 0.25) is 0 Å². The van der Waals surface area contributed by atoms with E-state index in [9.17, 15) is 32.9 Å². The van der Waals surface area contributed by atoms with Crippen LogP contribution < -0.4 is 10.9 Å². The molecule has 1 aliphatic heterocycles. The third-order valence-corrected chi connectivity index (χ3v) is 5.09. The molecule has 0 radical (unpaired) electrons. The molecule has 1 N–H and O–H groups in total. The number of pyridine rings is 1. The molecule has 1 atom stereocenters. The van der Waals surface area contributed by atoms with Crippen LogP contribution >= 0.6 is 0 Å². The van der Waals surface area contributed by atoms with Crippen molar-refractivity contribution >= 4 is 11.6 Å². The highest BCUT2D eigenvalue weighted by molar-refractivity contribution is 5.75. The van der Waals surface area contributed by atoms with Crippen LogP contribution in [0, 0.1) is 10.1 Å². The molecule has 2 aromatic rings. The van der Waals surface area contributed by atoms with Gasteiger partial charge in [0.05, 0.1) is 35.9 Å². The van der Waals surface area contributed by atoms with Gasteiger partial charge in [-0.3, -0.25) is 29.2 Å². The molecule has 0 spiro atoms. The van der Waals surface area contributed by atoms with Gasteiger partial charge in [-0.25, -0.2) is 0 Å². The topological polar surface area (TPSA) is 107 Å². The van der Waals surface area contributed by atoms with Crippen molar-refractivity contribution in [2.75, 3.05) is 32.8 Å². The second-order valence-electron chi connectivity index (χ2n) is 7.20. The average molecular weight is 454 g/mol. The first-order valence-corrected chi connectivity index (χ1v) is 9.75. The van der Waals surface area contributed by atoms with E-state index in [1.807, 2.05) is 4.90 Å². The number of carbonyl (C=O) groups excluding carboxylic acids is 1. The largest absolute Gasteiger partial charge is 0.416 e. The number of amides is 1. The maximum Gasteiger partial charge on any atom is 0.416 e. The molecular weight excluding hydrogens is 433 g/mol. The minimum atomic E-state index is -4.45. The zero-order valence-corrected chi connectivity index (χ0v) is 16.9. The van der Waals surface area contributed by atoms with Gasteiger partial charge in [-0.1, -0.05) is 12.1 Å². The van der Waals surface area contributed by atoms with E-state index in [4.69, 9.17) is 4.74 Å². The van der Waals surface area contributed by atoms with E-state index < -0.39 is 40.7 Å². The summed E-state index contributed by atoms with van der Waals surface area (Å²) in [6.45, 7) is 1.62. The van der Waals surface area contributed by atoms with Gasteiger partial charge in [0.2, 0.25) is 5.91 Å². The minimum absolute atomic E-state index is 0.0773. The molecule has 9 nitrogen and oxygen atoms in total. The van der Waals surface area contributed by atoms with Crippen molar-refractivity contribution in [3.8, 4) is 0 Å². The summed E-state index contributed by atoms with van der Waals surface area (Å²) in [7, 11) is 0. The van der Waals surface area contributed by atoms with Crippen LogP contribution in [0.15, 0.2) is 47.4 Å². The first kappa shape index (κ1) is 23.4. The summed E-state index contributed by atoms with van der Waals surface area (Å²) in [5.41, 5.74) is -1.07. The van der Waals surface area contributed by atoms with E-state index in [2.05, 4.69) is 5.32 Å². The van der Waals surface area contributed by atoms with Crippen LogP contribution in [0.1, 0.15) is 17.2 Å². The zero-order valence-electron chi connectivity index (χ0n) is 16.9. The lowest BCUT2D eigenvalue weighted by atomic mass is 10.0. The van der Waals surface area contributed by atoms with Crippen molar-refractivity contribution in [1.29, 1.82) is 0 Å². The maximum absolute atomic E-state index is 12.9. The first-order valence-electron chi connectivity index (χ1n) is 9.75. The first-order chi connectivity index (χ1) is 15.1. The van der Waals surface area contributed by atoms with Gasteiger partial charge in [0.1, 0.15) is 6.54 Å². The summed E-state index contributed by atoms with van der Waals surface area (Å²) in [6, 6.07) is 6.38. The Bertz CT molecular complexity index is 1020. The Hall–Kier alpha value is -3.25. The molecule has 1 aromatic carbocycles. The summed E-state index contributed by atoms with van der Waals surface area (Å²) in [5, 5.41) is 13.6. The molecule has 3 rings (SSSR count). The van der Waals surface area contributed by atoms with Crippen molar-refractivity contribution in [3.05, 3.63) is 74.2 Å². The number of nitro groups is 1. The lowest BCUT2D eigenvalue weighted by Crippen LogP contribution is -2.44. The van der Waals surface area contributed by atoms with Crippen molar-refractivity contribution in [2.24, 2.45) is 0 Å². The molecule has 0 bridgehead atoms. The monoisotopic (exact) mass is 454 g/mol. The predicted molar refractivity (Wildman–Crippen MR) is 107 cm³/mol. The number of ether oxygens (including phenoxy) is 1. The lowest BCUT2D eigenvalue weighted by Gasteiger charge is -2.35. The number of aromatic nitrogens is 1. The number of nitrogens with one attached hydrogen (secondary N) is 1. The predicted octanol–water partition coefficient (Wildman–Crippen LogP) is 1.97. The van der Waals surface area contributed by atoms with Gasteiger partial charge < -0.3 is 10.1 Å². The summed E-state index contributed by atoms with van der Waals surface area (Å²) < 4.78 is 44.9. The Balaban J connectivity index is 1.73. The van der Waals surface area contributed by atoms with Crippen molar-refractivity contribution in [1.82, 2.24) is 14.8 Å². The fourth-order valence-corrected chi connectivity index (χ4v) is 3.41. The van der Waals surface area contributed by atoms with Gasteiger partial charge in [-0.15, -0.1) is 0 Å². The van der Waals surface area contributed by atoms with E-state index in [1.54, 1.807) is 0 Å². The summed E-state index contributed by atoms with van der Waals surface area (Å²) in [5.74, 6) is -0.558. The molecule has 0 saturated carbocycles. The standard InChI is InChI=1S/C20H21F3N4O5/c21-20(22,23)15-3-1-14(2-4-15)17(25-7-9-32-10-8-25)11-24-18(28)13-26-12-16(27(30)31)5-6-19(26)29/h1-6,12,17H,7-11,13H2,(H,24,28). The summed E-state index contributed by atoms with van der Waals surface area (Å²) >= 11 is 0. The van der Waals surface area contributed by atoms with E-state index in [-0.39, 0.29) is 12.2 Å². The second kappa shape index (κ2) is 9.92. The van der Waals surface area contributed by atoms with Crippen molar-refractivity contribution in [3.63, 3.8) is 0 Å². The number of rotatable bonds is 7. The number of hydrogen-bond acceptors (Lipinski definition) is 6. The van der Waals surface area contributed by atoms with Crippen LogP contribution in [0.4, 0.5) is 18.9 Å². The maximum atomic E-state index is 12.9. The quantitative estimate of drug-likeness (QED) is 0.507. The molecule has 1 aliphatic rings. The molecule has 12 heteroatoms. The van der Waals surface area contributed by atoms with Crippen LogP contribution in [-0.2, 0) is 22.3 Å². The molecule has 1 amide bonds. The fraction of sp³-hybridized carbons (Fsp3) is 0.400. The highest BCUT2D eigenvalue weighted by Gasteiger charge is 2.31. The van der Waals surface area contributed by atoms with E-state index >= 15 is 0 Å². The van der Waals surface area contributed by atoms with Gasteiger partial charge >= 0.3 is 6.18 Å². The molecular formula is C20H21F3N4O5. The highest BCUT2D eigenvalue weighted by Crippen LogP contribution is 2.31. The van der Waals surface area contributed by atoms with Gasteiger partial charge in [0, 0.05) is 31.8 Å². The van der Waals surface area contributed by atoms with Crippen molar-refractivity contribution in [2.45, 2.75) is 18.8 Å². The average Bonchev–Trinajstić information content (AvgIpc) is 2.76. The number of alkyl halides is 3. The van der Waals surface area contributed by atoms with Crippen LogP contribution in [0.5, 0.6) is 0 Å². The number of halogens is 3. The van der Waals surface area contributed by atoms with Gasteiger partial charge in [-0.05, 0) is 17.7 Å². The van der Waals surface area contributed by atoms with Gasteiger partial charge in [-0.2, -0.15) is 13.2 Å². The smallest absolute Gasteiger partial charge is 0.379 e. The molecule has 1 aromatic heterocycles. The molecule has 1 fully saturated rings. The van der Waals surface area contributed by atoms with Crippen molar-refractivity contribution < 1.29 is 27.6 Å². The van der Waals surface area contributed by atoms with E-state index in [0.29, 0.717) is 31.9 Å². The fourth-order valence-electron chi connectivity index (χ4n) is 3.41. The Morgan fingerprint density at radius 3 is 2.41 bits per heavy atom. The normalized spacial score (nSPS) is 15.8. The van der Waals surface area contributed by atoms with E-state index in [1.165, 1.54) is 12.1 Å². The molecule has 172 valence electrons. The number of hydrogen-bond donors (Lipinski definition) is 1. The molecule has 2 heterocycles. The van der Waals surface area contributed by atoms with Crippen LogP contribution in [0.25, 0.3) is 0 Å². The Labute approximate surface area is 180 Å². The Morgan fingerprint density at radius 2 is 1.81 bits per heavy atom. The molecule has 1 unspecified atom stereocenters. The minimum Gasteiger partial charge on any atom is -0.379 e. The highest BCUT2D eigenvalue weighted by atomic mass is 19.4. The van der Waals surface area contributed by atoms with Crippen LogP contribution in [-0.4, -0.2) is 53.1 Å². The van der Waals surface area contributed by atoms with Gasteiger partial charge in [0.25, 0.3) is 11.2 Å². The second-order valence-corrected chi connectivity index (χ2v) is 7.20. The number of nitrogens with zero attached hydrogens (tertiary/aromatic N) is 3. The van der Waals surface area contributed by atoms with Crippen LogP contribution in [0.3, 0.4) is 0 Å². The molecule has 1 saturated heterocycles. The third kappa shape index (κ3) is 5.92. The SMILES string of the molecule is O=C(Cn1cc([N+](=O)[O-])ccc1=O)NCC(c1ccc(C(F)(F)F)cc1)N1CCOCC1. The molecule has 0 aliphatic carbocycles. The Morgan fingerprint density at radius 1 is 1.16 bits per heavy atom. The Kier molecular flexibility index (Phi) is 7.26. The number of carbonyl (C=O) groups is 1. The molecule has 32 heavy (non-hydrogen) atoms. The summed E-state index contributed by atoms with van der Waals surface area (Å²) in [6.07, 6.45) is -3.47. The van der Waals surface area contributed by atoms with Gasteiger partial charge in [0.15, 0.2) is 0 Å².